The Kier molecular flexibility index (Phi) is 4.87. The molecule has 0 aliphatic heterocycles. The lowest BCUT2D eigenvalue weighted by Crippen LogP contribution is -2.41. The molecule has 0 heterocycles. The van der Waals surface area contributed by atoms with Gasteiger partial charge in [-0.15, -0.1) is 0 Å². The molecule has 1 aromatic rings. The van der Waals surface area contributed by atoms with Crippen LogP contribution in [-0.2, 0) is 9.53 Å². The van der Waals surface area contributed by atoms with Gasteiger partial charge in [0.05, 0.1) is 6.61 Å². The lowest BCUT2D eigenvalue weighted by molar-refractivity contribution is -0.122. The highest BCUT2D eigenvalue weighted by Crippen LogP contribution is 2.37. The average Bonchev–Trinajstić information content (AvgIpc) is 2.32. The number of primary amides is 1. The SMILES string of the molecule is NC(=O)COCCNC1CC(c2ccccc2F)C1. The van der Waals surface area contributed by atoms with Crippen LogP contribution in [0.25, 0.3) is 0 Å². The second-order valence-corrected chi connectivity index (χ2v) is 4.86. The second-order valence-electron chi connectivity index (χ2n) is 4.86. The van der Waals surface area contributed by atoms with E-state index in [1.54, 1.807) is 6.07 Å². The van der Waals surface area contributed by atoms with E-state index < -0.39 is 5.91 Å². The molecule has 1 aliphatic rings. The van der Waals surface area contributed by atoms with Crippen LogP contribution >= 0.6 is 0 Å². The summed E-state index contributed by atoms with van der Waals surface area (Å²) in [7, 11) is 0. The predicted octanol–water partition coefficient (Wildman–Crippen LogP) is 1.16. The van der Waals surface area contributed by atoms with Gasteiger partial charge in [0.1, 0.15) is 12.4 Å². The molecule has 1 fully saturated rings. The fraction of sp³-hybridized carbons (Fsp3) is 0.500. The van der Waals surface area contributed by atoms with Crippen molar-refractivity contribution in [1.82, 2.24) is 5.32 Å². The molecule has 0 radical (unpaired) electrons. The minimum absolute atomic E-state index is 0.0375. The number of nitrogens with one attached hydrogen (secondary N) is 1. The van der Waals surface area contributed by atoms with Gasteiger partial charge in [-0.3, -0.25) is 4.79 Å². The number of nitrogens with two attached hydrogens (primary N) is 1. The molecule has 3 N–H and O–H groups in total. The van der Waals surface area contributed by atoms with Crippen LogP contribution in [0.3, 0.4) is 0 Å². The number of carbonyl (C=O) groups excluding carboxylic acids is 1. The van der Waals surface area contributed by atoms with E-state index in [1.165, 1.54) is 6.07 Å². The van der Waals surface area contributed by atoms with Crippen molar-refractivity contribution in [3.63, 3.8) is 0 Å². The number of amides is 1. The van der Waals surface area contributed by atoms with Crippen molar-refractivity contribution < 1.29 is 13.9 Å². The molecule has 1 aliphatic carbocycles. The highest BCUT2D eigenvalue weighted by molar-refractivity contribution is 5.74. The Hall–Kier alpha value is -1.46. The molecule has 1 aromatic carbocycles. The Bertz CT molecular complexity index is 433. The van der Waals surface area contributed by atoms with E-state index in [1.807, 2.05) is 12.1 Å². The fourth-order valence-electron chi connectivity index (χ4n) is 2.35. The van der Waals surface area contributed by atoms with Crippen LogP contribution in [0.4, 0.5) is 4.39 Å². The quantitative estimate of drug-likeness (QED) is 0.728. The number of rotatable bonds is 7. The molecule has 0 unspecified atom stereocenters. The number of hydrogen-bond acceptors (Lipinski definition) is 3. The van der Waals surface area contributed by atoms with Crippen LogP contribution in [0.2, 0.25) is 0 Å². The third-order valence-electron chi connectivity index (χ3n) is 3.41. The lowest BCUT2D eigenvalue weighted by Gasteiger charge is -2.36. The Morgan fingerprint density at radius 1 is 1.42 bits per heavy atom. The van der Waals surface area contributed by atoms with Crippen molar-refractivity contribution >= 4 is 5.91 Å². The van der Waals surface area contributed by atoms with Crippen LogP contribution in [0.5, 0.6) is 0 Å². The first-order valence-electron chi connectivity index (χ1n) is 6.50. The van der Waals surface area contributed by atoms with Crippen LogP contribution in [0.15, 0.2) is 24.3 Å². The van der Waals surface area contributed by atoms with Crippen LogP contribution < -0.4 is 11.1 Å². The Labute approximate surface area is 112 Å². The number of halogens is 1. The third kappa shape index (κ3) is 4.01. The van der Waals surface area contributed by atoms with Gasteiger partial charge < -0.3 is 15.8 Å². The maximum atomic E-state index is 13.5. The fourth-order valence-corrected chi connectivity index (χ4v) is 2.35. The monoisotopic (exact) mass is 266 g/mol. The largest absolute Gasteiger partial charge is 0.370 e. The predicted molar refractivity (Wildman–Crippen MR) is 70.2 cm³/mol. The van der Waals surface area contributed by atoms with Gasteiger partial charge in [0.15, 0.2) is 0 Å². The highest BCUT2D eigenvalue weighted by atomic mass is 19.1. The van der Waals surface area contributed by atoms with Gasteiger partial charge in [-0.05, 0) is 30.4 Å². The van der Waals surface area contributed by atoms with E-state index in [4.69, 9.17) is 10.5 Å². The first-order valence-corrected chi connectivity index (χ1v) is 6.50. The number of hydrogen-bond donors (Lipinski definition) is 2. The Morgan fingerprint density at radius 2 is 2.16 bits per heavy atom. The molecule has 1 amide bonds. The summed E-state index contributed by atoms with van der Waals surface area (Å²) in [6, 6.07) is 7.35. The van der Waals surface area contributed by atoms with Gasteiger partial charge in [-0.25, -0.2) is 4.39 Å². The molecule has 0 aromatic heterocycles. The smallest absolute Gasteiger partial charge is 0.243 e. The van der Waals surface area contributed by atoms with Crippen LogP contribution in [-0.4, -0.2) is 31.7 Å². The Morgan fingerprint density at radius 3 is 2.84 bits per heavy atom. The zero-order valence-electron chi connectivity index (χ0n) is 10.8. The van der Waals surface area contributed by atoms with E-state index in [0.29, 0.717) is 25.1 Å². The van der Waals surface area contributed by atoms with Crippen molar-refractivity contribution in [2.45, 2.75) is 24.8 Å². The van der Waals surface area contributed by atoms with Gasteiger partial charge in [-0.2, -0.15) is 0 Å². The lowest BCUT2D eigenvalue weighted by atomic mass is 9.75. The summed E-state index contributed by atoms with van der Waals surface area (Å²) < 4.78 is 18.6. The third-order valence-corrected chi connectivity index (χ3v) is 3.41. The molecule has 4 nitrogen and oxygen atoms in total. The normalized spacial score (nSPS) is 21.9. The number of carbonyl (C=O) groups is 1. The second kappa shape index (κ2) is 6.63. The van der Waals surface area contributed by atoms with Crippen molar-refractivity contribution in [3.8, 4) is 0 Å². The van der Waals surface area contributed by atoms with Gasteiger partial charge >= 0.3 is 0 Å². The van der Waals surface area contributed by atoms with E-state index in [9.17, 15) is 9.18 Å². The summed E-state index contributed by atoms with van der Waals surface area (Å²) in [5.41, 5.74) is 5.76. The highest BCUT2D eigenvalue weighted by Gasteiger charge is 2.31. The van der Waals surface area contributed by atoms with Crippen LogP contribution in [0.1, 0.15) is 24.3 Å². The topological polar surface area (TPSA) is 64.4 Å². The first kappa shape index (κ1) is 14.0. The molecular formula is C14H19FN2O2. The average molecular weight is 266 g/mol. The maximum Gasteiger partial charge on any atom is 0.243 e. The molecule has 2 rings (SSSR count). The van der Waals surface area contributed by atoms with E-state index in [-0.39, 0.29) is 12.4 Å². The molecule has 0 atom stereocenters. The summed E-state index contributed by atoms with van der Waals surface area (Å²) in [5.74, 6) is -0.260. The standard InChI is InChI=1S/C14H19FN2O2/c15-13-4-2-1-3-12(13)10-7-11(8-10)17-5-6-19-9-14(16)18/h1-4,10-11,17H,5-9H2,(H2,16,18). The maximum absolute atomic E-state index is 13.5. The van der Waals surface area contributed by atoms with E-state index >= 15 is 0 Å². The van der Waals surface area contributed by atoms with Gasteiger partial charge in [-0.1, -0.05) is 18.2 Å². The number of ether oxygens (including phenoxy) is 1. The summed E-state index contributed by atoms with van der Waals surface area (Å²) in [4.78, 5) is 10.4. The first-order chi connectivity index (χ1) is 9.16. The minimum atomic E-state index is -0.455. The van der Waals surface area contributed by atoms with Gasteiger partial charge in [0.2, 0.25) is 5.91 Å². The molecule has 104 valence electrons. The summed E-state index contributed by atoms with van der Waals surface area (Å²) in [6.45, 7) is 1.11. The van der Waals surface area contributed by atoms with E-state index in [0.717, 1.165) is 18.4 Å². The van der Waals surface area contributed by atoms with Gasteiger partial charge in [0.25, 0.3) is 0 Å². The van der Waals surface area contributed by atoms with Crippen LogP contribution in [0, 0.1) is 5.82 Å². The van der Waals surface area contributed by atoms with Crippen molar-refractivity contribution in [3.05, 3.63) is 35.6 Å². The zero-order valence-corrected chi connectivity index (χ0v) is 10.8. The number of benzene rings is 1. The minimum Gasteiger partial charge on any atom is -0.370 e. The van der Waals surface area contributed by atoms with Crippen molar-refractivity contribution in [1.29, 1.82) is 0 Å². The van der Waals surface area contributed by atoms with Crippen molar-refractivity contribution in [2.24, 2.45) is 5.73 Å². The molecule has 0 spiro atoms. The van der Waals surface area contributed by atoms with E-state index in [2.05, 4.69) is 5.32 Å². The molecule has 1 saturated carbocycles. The molecule has 0 saturated heterocycles. The van der Waals surface area contributed by atoms with Crippen molar-refractivity contribution in [2.75, 3.05) is 19.8 Å². The summed E-state index contributed by atoms with van der Waals surface area (Å²) in [6.07, 6.45) is 1.88. The summed E-state index contributed by atoms with van der Waals surface area (Å²) in [5, 5.41) is 3.31. The summed E-state index contributed by atoms with van der Waals surface area (Å²) >= 11 is 0. The Balaban J connectivity index is 1.62. The zero-order chi connectivity index (χ0) is 13.7. The molecule has 0 bridgehead atoms. The molecule has 5 heteroatoms. The van der Waals surface area contributed by atoms with Gasteiger partial charge in [0, 0.05) is 12.6 Å². The molecule has 19 heavy (non-hydrogen) atoms. The molecular weight excluding hydrogens is 247 g/mol.